The van der Waals surface area contributed by atoms with Crippen LogP contribution in [0.3, 0.4) is 0 Å². The molecule has 0 saturated carbocycles. The molecule has 2 heterocycles. The maximum absolute atomic E-state index is 5.99. The molecule has 7 nitrogen and oxygen atoms in total. The molecule has 2 aliphatic rings. The van der Waals surface area contributed by atoms with Crippen LogP contribution in [-0.4, -0.2) is 56.7 Å². The fourth-order valence-electron chi connectivity index (χ4n) is 3.30. The Hall–Kier alpha value is -3.45. The Morgan fingerprint density at radius 2 is 1.87 bits per heavy atom. The molecule has 31 heavy (non-hydrogen) atoms. The van der Waals surface area contributed by atoms with Gasteiger partial charge in [0.2, 0.25) is 5.90 Å². The van der Waals surface area contributed by atoms with Crippen molar-refractivity contribution in [2.75, 3.05) is 34.4 Å². The highest BCUT2D eigenvalue weighted by molar-refractivity contribution is 6.45. The number of para-hydroxylation sites is 1. The topological polar surface area (TPSA) is 68.0 Å². The molecule has 0 unspecified atom stereocenters. The zero-order valence-corrected chi connectivity index (χ0v) is 18.0. The summed E-state index contributed by atoms with van der Waals surface area (Å²) in [4.78, 5) is 16.0. The van der Waals surface area contributed by atoms with Crippen LogP contribution in [0.25, 0.3) is 0 Å². The van der Waals surface area contributed by atoms with Gasteiger partial charge < -0.3 is 19.1 Å². The average Bonchev–Trinajstić information content (AvgIpc) is 2.96. The number of aliphatic imine (C=N–C) groups is 3. The van der Waals surface area contributed by atoms with Crippen LogP contribution >= 0.6 is 0 Å². The summed E-state index contributed by atoms with van der Waals surface area (Å²) in [6, 6.07) is 13.4. The first kappa shape index (κ1) is 20.8. The molecule has 0 radical (unpaired) electrons. The van der Waals surface area contributed by atoms with E-state index in [2.05, 4.69) is 29.0 Å². The summed E-state index contributed by atoms with van der Waals surface area (Å²) in [7, 11) is 5.74. The van der Waals surface area contributed by atoms with Crippen molar-refractivity contribution >= 4 is 23.1 Å². The van der Waals surface area contributed by atoms with Gasteiger partial charge in [-0.3, -0.25) is 4.99 Å². The monoisotopic (exact) mass is 418 g/mol. The Kier molecular flexibility index (Phi) is 6.43. The molecule has 0 saturated heterocycles. The number of methoxy groups -OCH3 is 1. The molecule has 4 rings (SSSR count). The molecule has 160 valence electrons. The molecule has 0 atom stereocenters. The quantitative estimate of drug-likeness (QED) is 0.636. The largest absolute Gasteiger partial charge is 0.493 e. The van der Waals surface area contributed by atoms with Crippen molar-refractivity contribution in [2.24, 2.45) is 15.0 Å². The smallest absolute Gasteiger partial charge is 0.222 e. The standard InChI is InChI=1S/C24H26N4O3/c1-28(2)12-7-13-30-22-15-17-14-20-24(26-19(17)16-21(22)29-3)27-23(10-11-25-20)31-18-8-5-4-6-9-18/h4-6,8-11,15-16H,7,12-14H2,1-3H3. The van der Waals surface area contributed by atoms with Crippen LogP contribution in [0.1, 0.15) is 12.0 Å². The first-order valence-corrected chi connectivity index (χ1v) is 10.2. The fourth-order valence-corrected chi connectivity index (χ4v) is 3.30. The van der Waals surface area contributed by atoms with Crippen LogP contribution in [0, 0.1) is 0 Å². The third-order valence-corrected chi connectivity index (χ3v) is 4.84. The molecule has 2 aromatic carbocycles. The summed E-state index contributed by atoms with van der Waals surface area (Å²) in [5, 5.41) is 0. The number of hydrogen-bond donors (Lipinski definition) is 0. The van der Waals surface area contributed by atoms with Crippen molar-refractivity contribution in [1.29, 1.82) is 0 Å². The lowest BCUT2D eigenvalue weighted by molar-refractivity contribution is 0.268. The van der Waals surface area contributed by atoms with Crippen molar-refractivity contribution < 1.29 is 14.2 Å². The maximum atomic E-state index is 5.99. The summed E-state index contributed by atoms with van der Waals surface area (Å²) >= 11 is 0. The van der Waals surface area contributed by atoms with Crippen LogP contribution in [0.4, 0.5) is 5.69 Å². The SMILES string of the molecule is COc1cc2c(cc1OCCCN(C)C)CC1=NC=CC(Oc3ccccc3)=NC1=N2. The third kappa shape index (κ3) is 5.19. The van der Waals surface area contributed by atoms with E-state index in [1.54, 1.807) is 19.4 Å². The molecule has 0 aliphatic carbocycles. The summed E-state index contributed by atoms with van der Waals surface area (Å²) in [5.74, 6) is 3.08. The highest BCUT2D eigenvalue weighted by Gasteiger charge is 2.23. The van der Waals surface area contributed by atoms with E-state index in [0.717, 1.165) is 35.7 Å². The second-order valence-electron chi connectivity index (χ2n) is 7.51. The first-order valence-electron chi connectivity index (χ1n) is 10.2. The second-order valence-corrected chi connectivity index (χ2v) is 7.51. The number of benzene rings is 2. The molecule has 0 N–H and O–H groups in total. The molecule has 7 heteroatoms. The van der Waals surface area contributed by atoms with Gasteiger partial charge in [0.1, 0.15) is 5.75 Å². The predicted molar refractivity (Wildman–Crippen MR) is 124 cm³/mol. The van der Waals surface area contributed by atoms with E-state index in [0.29, 0.717) is 36.3 Å². The Morgan fingerprint density at radius 1 is 1.03 bits per heavy atom. The minimum Gasteiger partial charge on any atom is -0.493 e. The molecule has 0 amide bonds. The molecule has 0 spiro atoms. The Balaban J connectivity index is 1.57. The molecule has 2 aromatic rings. The van der Waals surface area contributed by atoms with Gasteiger partial charge >= 0.3 is 0 Å². The summed E-state index contributed by atoms with van der Waals surface area (Å²) < 4.78 is 17.4. The van der Waals surface area contributed by atoms with Crippen LogP contribution in [0.5, 0.6) is 17.2 Å². The highest BCUT2D eigenvalue weighted by Crippen LogP contribution is 2.37. The Labute approximate surface area is 182 Å². The van der Waals surface area contributed by atoms with E-state index in [-0.39, 0.29) is 0 Å². The molecule has 0 fully saturated rings. The average molecular weight is 418 g/mol. The van der Waals surface area contributed by atoms with E-state index in [9.17, 15) is 0 Å². The lowest BCUT2D eigenvalue weighted by Gasteiger charge is -2.19. The lowest BCUT2D eigenvalue weighted by atomic mass is 10.0. The summed E-state index contributed by atoms with van der Waals surface area (Å²) in [5.41, 5.74) is 2.62. The van der Waals surface area contributed by atoms with Gasteiger partial charge in [0.05, 0.1) is 25.1 Å². The molecule has 0 bridgehead atoms. The van der Waals surface area contributed by atoms with Crippen LogP contribution < -0.4 is 14.2 Å². The number of hydrogen-bond acceptors (Lipinski definition) is 7. The van der Waals surface area contributed by atoms with Crippen molar-refractivity contribution in [3.05, 3.63) is 60.3 Å². The van der Waals surface area contributed by atoms with Gasteiger partial charge in [-0.25, -0.2) is 4.99 Å². The second kappa shape index (κ2) is 9.57. The first-order chi connectivity index (χ1) is 15.1. The minimum absolute atomic E-state index is 0.444. The van der Waals surface area contributed by atoms with E-state index in [4.69, 9.17) is 19.2 Å². The van der Waals surface area contributed by atoms with E-state index in [1.807, 2.05) is 42.5 Å². The molecular weight excluding hydrogens is 392 g/mol. The number of rotatable bonds is 7. The fraction of sp³-hybridized carbons (Fsp3) is 0.292. The lowest BCUT2D eigenvalue weighted by Crippen LogP contribution is -2.20. The van der Waals surface area contributed by atoms with Gasteiger partial charge in [0.25, 0.3) is 0 Å². The Bertz CT molecular complexity index is 1060. The van der Waals surface area contributed by atoms with Crippen LogP contribution in [-0.2, 0) is 6.42 Å². The number of nitrogens with zero attached hydrogens (tertiary/aromatic N) is 4. The van der Waals surface area contributed by atoms with Crippen molar-refractivity contribution in [3.63, 3.8) is 0 Å². The molecular formula is C24H26N4O3. The predicted octanol–water partition coefficient (Wildman–Crippen LogP) is 4.06. The normalized spacial score (nSPS) is 14.6. The van der Waals surface area contributed by atoms with Gasteiger partial charge in [-0.05, 0) is 44.3 Å². The van der Waals surface area contributed by atoms with Crippen molar-refractivity contribution in [1.82, 2.24) is 4.90 Å². The number of ether oxygens (including phenoxy) is 3. The summed E-state index contributed by atoms with van der Waals surface area (Å²) in [6.45, 7) is 1.59. The van der Waals surface area contributed by atoms with E-state index in [1.165, 1.54) is 0 Å². The minimum atomic E-state index is 0.444. The van der Waals surface area contributed by atoms with Crippen LogP contribution in [0.2, 0.25) is 0 Å². The van der Waals surface area contributed by atoms with E-state index >= 15 is 0 Å². The van der Waals surface area contributed by atoms with Gasteiger partial charge in [-0.2, -0.15) is 4.99 Å². The van der Waals surface area contributed by atoms with Gasteiger partial charge in [0.15, 0.2) is 17.3 Å². The zero-order chi connectivity index (χ0) is 21.6. The summed E-state index contributed by atoms with van der Waals surface area (Å²) in [6.07, 6.45) is 4.99. The molecule has 2 aliphatic heterocycles. The Morgan fingerprint density at radius 3 is 2.65 bits per heavy atom. The van der Waals surface area contributed by atoms with Gasteiger partial charge in [-0.15, -0.1) is 0 Å². The zero-order valence-electron chi connectivity index (χ0n) is 18.0. The van der Waals surface area contributed by atoms with Crippen LogP contribution in [0.15, 0.2) is 69.7 Å². The maximum Gasteiger partial charge on any atom is 0.222 e. The highest BCUT2D eigenvalue weighted by atomic mass is 16.5. The van der Waals surface area contributed by atoms with Gasteiger partial charge in [-0.1, -0.05) is 18.2 Å². The third-order valence-electron chi connectivity index (χ3n) is 4.84. The van der Waals surface area contributed by atoms with Gasteiger partial charge in [0, 0.05) is 31.3 Å². The number of amidine groups is 1. The molecule has 0 aromatic heterocycles. The van der Waals surface area contributed by atoms with Crippen molar-refractivity contribution in [3.8, 4) is 17.2 Å². The number of fused-ring (bicyclic) bond motifs is 2. The van der Waals surface area contributed by atoms with Crippen molar-refractivity contribution in [2.45, 2.75) is 12.8 Å². The van der Waals surface area contributed by atoms with E-state index < -0.39 is 0 Å².